The molecule has 1 fully saturated rings. The van der Waals surface area contributed by atoms with Crippen LogP contribution in [0.25, 0.3) is 0 Å². The third-order valence-corrected chi connectivity index (χ3v) is 6.58. The maximum absolute atomic E-state index is 12.5. The second-order valence-electron chi connectivity index (χ2n) is 5.47. The van der Waals surface area contributed by atoms with Gasteiger partial charge in [0.05, 0.1) is 23.1 Å². The van der Waals surface area contributed by atoms with Gasteiger partial charge in [0.15, 0.2) is 0 Å². The fourth-order valence-corrected chi connectivity index (χ4v) is 4.50. The summed E-state index contributed by atoms with van der Waals surface area (Å²) < 4.78 is 31.7. The Hall–Kier alpha value is -1.81. The smallest absolute Gasteiger partial charge is 0.251 e. The highest BCUT2D eigenvalue weighted by molar-refractivity contribution is 7.89. The first-order valence-electron chi connectivity index (χ1n) is 7.92. The molecule has 0 radical (unpaired) electrons. The summed E-state index contributed by atoms with van der Waals surface area (Å²) in [5.41, 5.74) is 0.431. The number of nitrogens with one attached hydrogen (secondary N) is 1. The van der Waals surface area contributed by atoms with Gasteiger partial charge < -0.3 is 10.1 Å². The molecule has 25 heavy (non-hydrogen) atoms. The number of hydrogen-bond acceptors (Lipinski definition) is 6. The summed E-state index contributed by atoms with van der Waals surface area (Å²) in [4.78, 5) is 16.5. The van der Waals surface area contributed by atoms with Gasteiger partial charge in [0, 0.05) is 43.2 Å². The van der Waals surface area contributed by atoms with E-state index < -0.39 is 10.0 Å². The van der Waals surface area contributed by atoms with Crippen molar-refractivity contribution in [2.24, 2.45) is 0 Å². The van der Waals surface area contributed by atoms with Gasteiger partial charge in [0.1, 0.15) is 0 Å². The van der Waals surface area contributed by atoms with E-state index >= 15 is 0 Å². The number of amides is 1. The molecule has 3 rings (SSSR count). The van der Waals surface area contributed by atoms with Crippen molar-refractivity contribution in [2.45, 2.75) is 11.3 Å². The van der Waals surface area contributed by atoms with Crippen LogP contribution in [0.2, 0.25) is 0 Å². The molecule has 0 aliphatic carbocycles. The fraction of sp³-hybridized carbons (Fsp3) is 0.375. The van der Waals surface area contributed by atoms with Crippen molar-refractivity contribution in [3.8, 4) is 0 Å². The summed E-state index contributed by atoms with van der Waals surface area (Å²) in [6, 6.07) is 6.01. The quantitative estimate of drug-likeness (QED) is 0.811. The van der Waals surface area contributed by atoms with E-state index in [1.807, 2.05) is 5.38 Å². The number of nitrogens with zero attached hydrogens (tertiary/aromatic N) is 2. The zero-order chi connectivity index (χ0) is 17.7. The summed E-state index contributed by atoms with van der Waals surface area (Å²) in [5.74, 6) is -0.230. The second kappa shape index (κ2) is 8.05. The summed E-state index contributed by atoms with van der Waals surface area (Å²) in [6.45, 7) is 1.99. The first-order chi connectivity index (χ1) is 12.1. The van der Waals surface area contributed by atoms with E-state index in [4.69, 9.17) is 4.74 Å². The van der Waals surface area contributed by atoms with Gasteiger partial charge in [0.25, 0.3) is 5.91 Å². The maximum Gasteiger partial charge on any atom is 0.251 e. The topological polar surface area (TPSA) is 88.6 Å². The molecule has 1 aliphatic heterocycles. The zero-order valence-electron chi connectivity index (χ0n) is 13.6. The van der Waals surface area contributed by atoms with Gasteiger partial charge in [-0.3, -0.25) is 4.79 Å². The Morgan fingerprint density at radius 2 is 1.96 bits per heavy atom. The van der Waals surface area contributed by atoms with Gasteiger partial charge in [-0.15, -0.1) is 11.3 Å². The number of thiazole rings is 1. The summed E-state index contributed by atoms with van der Waals surface area (Å²) in [5, 5.41) is 5.67. The van der Waals surface area contributed by atoms with Crippen LogP contribution < -0.4 is 5.32 Å². The molecule has 1 aromatic carbocycles. The molecule has 0 saturated carbocycles. The molecule has 134 valence electrons. The minimum absolute atomic E-state index is 0.189. The molecular formula is C16H19N3O4S2. The number of carbonyl (C=O) groups excluding carboxylic acids is 1. The Bertz CT molecular complexity index is 798. The molecule has 0 atom stereocenters. The molecule has 9 heteroatoms. The highest BCUT2D eigenvalue weighted by atomic mass is 32.2. The van der Waals surface area contributed by atoms with Gasteiger partial charge >= 0.3 is 0 Å². The first-order valence-corrected chi connectivity index (χ1v) is 10.2. The molecule has 0 spiro atoms. The number of aromatic nitrogens is 1. The van der Waals surface area contributed by atoms with Crippen molar-refractivity contribution >= 4 is 27.3 Å². The molecule has 0 bridgehead atoms. The molecule has 1 N–H and O–H groups in total. The Labute approximate surface area is 150 Å². The van der Waals surface area contributed by atoms with Crippen molar-refractivity contribution in [3.05, 3.63) is 46.4 Å². The van der Waals surface area contributed by atoms with Gasteiger partial charge in [0.2, 0.25) is 10.0 Å². The van der Waals surface area contributed by atoms with E-state index in [2.05, 4.69) is 10.3 Å². The van der Waals surface area contributed by atoms with Crippen LogP contribution >= 0.6 is 11.3 Å². The first kappa shape index (κ1) is 18.0. The van der Waals surface area contributed by atoms with Crippen LogP contribution in [0.3, 0.4) is 0 Å². The van der Waals surface area contributed by atoms with Crippen LogP contribution in [-0.2, 0) is 21.2 Å². The van der Waals surface area contributed by atoms with Crippen molar-refractivity contribution < 1.29 is 17.9 Å². The zero-order valence-corrected chi connectivity index (χ0v) is 15.2. The van der Waals surface area contributed by atoms with E-state index in [0.29, 0.717) is 44.8 Å². The minimum atomic E-state index is -3.54. The number of sulfonamides is 1. The summed E-state index contributed by atoms with van der Waals surface area (Å²) in [7, 11) is -3.54. The molecule has 1 saturated heterocycles. The number of rotatable bonds is 6. The fourth-order valence-electron chi connectivity index (χ4n) is 2.48. The molecule has 1 aliphatic rings. The van der Waals surface area contributed by atoms with Crippen LogP contribution in [0, 0.1) is 0 Å². The largest absolute Gasteiger partial charge is 0.379 e. The van der Waals surface area contributed by atoms with Crippen LogP contribution in [0.15, 0.2) is 40.7 Å². The number of morpholine rings is 1. The number of hydrogen-bond donors (Lipinski definition) is 1. The third kappa shape index (κ3) is 4.43. The Morgan fingerprint density at radius 3 is 2.60 bits per heavy atom. The summed E-state index contributed by atoms with van der Waals surface area (Å²) >= 11 is 1.55. The second-order valence-corrected chi connectivity index (χ2v) is 8.39. The van der Waals surface area contributed by atoms with Crippen LogP contribution in [0.4, 0.5) is 0 Å². The average Bonchev–Trinajstić information content (AvgIpc) is 3.16. The van der Waals surface area contributed by atoms with Crippen molar-refractivity contribution in [3.63, 3.8) is 0 Å². The van der Waals surface area contributed by atoms with Crippen LogP contribution in [-0.4, -0.2) is 56.5 Å². The van der Waals surface area contributed by atoms with Crippen molar-refractivity contribution in [2.75, 3.05) is 32.8 Å². The molecule has 7 nitrogen and oxygen atoms in total. The van der Waals surface area contributed by atoms with Gasteiger partial charge in [-0.2, -0.15) is 4.31 Å². The average molecular weight is 381 g/mol. The Morgan fingerprint density at radius 1 is 1.24 bits per heavy atom. The molecular weight excluding hydrogens is 362 g/mol. The number of ether oxygens (including phenoxy) is 1. The Kier molecular flexibility index (Phi) is 5.79. The predicted molar refractivity (Wildman–Crippen MR) is 94.2 cm³/mol. The van der Waals surface area contributed by atoms with Gasteiger partial charge in [-0.05, 0) is 24.3 Å². The standard InChI is InChI=1S/C16H19N3O4S2/c20-16(18-6-5-15-17-7-12-24-15)13-1-3-14(4-2-13)25(21,22)19-8-10-23-11-9-19/h1-4,7,12H,5-6,8-11H2,(H,18,20). The van der Waals surface area contributed by atoms with E-state index in [-0.39, 0.29) is 10.8 Å². The molecule has 2 heterocycles. The summed E-state index contributed by atoms with van der Waals surface area (Å²) in [6.07, 6.45) is 2.41. The van der Waals surface area contributed by atoms with E-state index in [1.54, 1.807) is 17.5 Å². The van der Waals surface area contributed by atoms with Crippen molar-refractivity contribution in [1.82, 2.24) is 14.6 Å². The lowest BCUT2D eigenvalue weighted by Crippen LogP contribution is -2.40. The molecule has 2 aromatic rings. The van der Waals surface area contributed by atoms with E-state index in [1.165, 1.54) is 28.6 Å². The van der Waals surface area contributed by atoms with E-state index in [0.717, 1.165) is 5.01 Å². The lowest BCUT2D eigenvalue weighted by Gasteiger charge is -2.26. The molecule has 0 unspecified atom stereocenters. The lowest BCUT2D eigenvalue weighted by atomic mass is 10.2. The lowest BCUT2D eigenvalue weighted by molar-refractivity contribution is 0.0730. The molecule has 1 aromatic heterocycles. The third-order valence-electron chi connectivity index (χ3n) is 3.83. The highest BCUT2D eigenvalue weighted by Crippen LogP contribution is 2.17. The van der Waals surface area contributed by atoms with E-state index in [9.17, 15) is 13.2 Å². The van der Waals surface area contributed by atoms with Gasteiger partial charge in [-0.1, -0.05) is 0 Å². The SMILES string of the molecule is O=C(NCCc1nccs1)c1ccc(S(=O)(=O)N2CCOCC2)cc1. The highest BCUT2D eigenvalue weighted by Gasteiger charge is 2.26. The monoisotopic (exact) mass is 381 g/mol. The van der Waals surface area contributed by atoms with Crippen LogP contribution in [0.5, 0.6) is 0 Å². The molecule has 1 amide bonds. The number of benzene rings is 1. The normalized spacial score (nSPS) is 15.8. The predicted octanol–water partition coefficient (Wildman–Crippen LogP) is 1.14. The maximum atomic E-state index is 12.5. The number of carbonyl (C=O) groups is 1. The Balaban J connectivity index is 1.60. The van der Waals surface area contributed by atoms with Gasteiger partial charge in [-0.25, -0.2) is 13.4 Å². The van der Waals surface area contributed by atoms with Crippen LogP contribution in [0.1, 0.15) is 15.4 Å². The minimum Gasteiger partial charge on any atom is -0.379 e. The van der Waals surface area contributed by atoms with Crippen molar-refractivity contribution in [1.29, 1.82) is 0 Å².